The Kier molecular flexibility index (Phi) is 4.90. The van der Waals surface area contributed by atoms with E-state index in [1.54, 1.807) is 0 Å². The van der Waals surface area contributed by atoms with Gasteiger partial charge in [-0.1, -0.05) is 37.6 Å². The highest BCUT2D eigenvalue weighted by Crippen LogP contribution is 2.29. The number of hydrogen-bond donors (Lipinski definition) is 1. The molecule has 1 atom stereocenters. The summed E-state index contributed by atoms with van der Waals surface area (Å²) in [5, 5.41) is 5.90. The first kappa shape index (κ1) is 16.3. The van der Waals surface area contributed by atoms with E-state index in [1.807, 2.05) is 11.3 Å². The lowest BCUT2D eigenvalue weighted by atomic mass is 9.89. The number of aryl methyl sites for hydroxylation is 3. The average Bonchev–Trinajstić information content (AvgIpc) is 2.89. The van der Waals surface area contributed by atoms with Gasteiger partial charge in [0, 0.05) is 22.9 Å². The van der Waals surface area contributed by atoms with Crippen molar-refractivity contribution in [3.63, 3.8) is 0 Å². The minimum atomic E-state index is 0.176. The van der Waals surface area contributed by atoms with Gasteiger partial charge in [-0.2, -0.15) is 0 Å². The van der Waals surface area contributed by atoms with Gasteiger partial charge in [0.2, 0.25) is 0 Å². The van der Waals surface area contributed by atoms with Gasteiger partial charge in [0.25, 0.3) is 0 Å². The molecule has 0 saturated carbocycles. The van der Waals surface area contributed by atoms with Crippen molar-refractivity contribution in [3.05, 3.63) is 56.8 Å². The van der Waals surface area contributed by atoms with Crippen molar-refractivity contribution in [2.45, 2.75) is 53.0 Å². The first-order chi connectivity index (χ1) is 9.81. The van der Waals surface area contributed by atoms with E-state index in [9.17, 15) is 0 Å². The molecule has 1 N–H and O–H groups in total. The molecule has 0 amide bonds. The summed E-state index contributed by atoms with van der Waals surface area (Å²) in [6.45, 7) is 14.5. The molecule has 21 heavy (non-hydrogen) atoms. The lowest BCUT2D eigenvalue weighted by molar-refractivity contribution is 0.440. The lowest BCUT2D eigenvalue weighted by Crippen LogP contribution is -2.34. The van der Waals surface area contributed by atoms with Crippen molar-refractivity contribution in [3.8, 4) is 0 Å². The minimum Gasteiger partial charge on any atom is -0.309 e. The number of rotatable bonds is 5. The minimum absolute atomic E-state index is 0.176. The monoisotopic (exact) mass is 301 g/mol. The smallest absolute Gasteiger partial charge is 0.0297 e. The van der Waals surface area contributed by atoms with Crippen molar-refractivity contribution >= 4 is 11.3 Å². The van der Waals surface area contributed by atoms with Crippen LogP contribution in [0.4, 0.5) is 0 Å². The summed E-state index contributed by atoms with van der Waals surface area (Å²) < 4.78 is 0. The molecule has 0 aliphatic rings. The maximum absolute atomic E-state index is 3.74. The Morgan fingerprint density at radius 1 is 1.14 bits per heavy atom. The Balaban J connectivity index is 2.11. The zero-order chi connectivity index (χ0) is 15.6. The van der Waals surface area contributed by atoms with Gasteiger partial charge >= 0.3 is 0 Å². The lowest BCUT2D eigenvalue weighted by Gasteiger charge is -2.28. The highest BCUT2D eigenvalue weighted by atomic mass is 32.1. The Bertz CT molecular complexity index is 573. The van der Waals surface area contributed by atoms with Crippen LogP contribution in [-0.2, 0) is 5.41 Å². The zero-order valence-corrected chi connectivity index (χ0v) is 14.9. The first-order valence-corrected chi connectivity index (χ1v) is 8.54. The molecule has 2 aromatic rings. The van der Waals surface area contributed by atoms with E-state index in [2.05, 4.69) is 76.5 Å². The standard InChI is InChI=1S/C19H27NS/c1-13-10-14(2)18(15(3)11-13)16(4)20-12-19(5,6)17-8-7-9-21-17/h7-11,16,20H,12H2,1-6H3. The summed E-state index contributed by atoms with van der Waals surface area (Å²) in [5.74, 6) is 0. The molecule has 0 spiro atoms. The van der Waals surface area contributed by atoms with Crippen molar-refractivity contribution in [2.24, 2.45) is 0 Å². The molecule has 1 aromatic carbocycles. The normalized spacial score (nSPS) is 13.4. The fourth-order valence-electron chi connectivity index (χ4n) is 3.14. The summed E-state index contributed by atoms with van der Waals surface area (Å²) in [7, 11) is 0. The van der Waals surface area contributed by atoms with Crippen molar-refractivity contribution in [2.75, 3.05) is 6.54 Å². The molecule has 2 rings (SSSR count). The molecule has 1 nitrogen and oxygen atoms in total. The predicted molar refractivity (Wildman–Crippen MR) is 94.4 cm³/mol. The SMILES string of the molecule is Cc1cc(C)c(C(C)NCC(C)(C)c2cccs2)c(C)c1. The molecule has 0 radical (unpaired) electrons. The second kappa shape index (κ2) is 6.33. The second-order valence-electron chi connectivity index (χ2n) is 6.78. The Morgan fingerprint density at radius 2 is 1.76 bits per heavy atom. The van der Waals surface area contributed by atoms with Crippen molar-refractivity contribution in [1.82, 2.24) is 5.32 Å². The molecule has 0 bridgehead atoms. The van der Waals surface area contributed by atoms with Crippen LogP contribution < -0.4 is 5.32 Å². The maximum Gasteiger partial charge on any atom is 0.0297 e. The van der Waals surface area contributed by atoms with Crippen LogP contribution in [-0.4, -0.2) is 6.54 Å². The molecular weight excluding hydrogens is 274 g/mol. The summed E-state index contributed by atoms with van der Waals surface area (Å²) in [4.78, 5) is 1.44. The van der Waals surface area contributed by atoms with Gasteiger partial charge < -0.3 is 5.32 Å². The van der Waals surface area contributed by atoms with Crippen LogP contribution >= 0.6 is 11.3 Å². The van der Waals surface area contributed by atoms with Gasteiger partial charge in [-0.3, -0.25) is 0 Å². The predicted octanol–water partition coefficient (Wildman–Crippen LogP) is 5.30. The van der Waals surface area contributed by atoms with Crippen LogP contribution in [0.15, 0.2) is 29.6 Å². The number of hydrogen-bond acceptors (Lipinski definition) is 2. The van der Waals surface area contributed by atoms with Gasteiger partial charge in [0.15, 0.2) is 0 Å². The molecule has 114 valence electrons. The van der Waals surface area contributed by atoms with Crippen molar-refractivity contribution in [1.29, 1.82) is 0 Å². The van der Waals surface area contributed by atoms with Crippen LogP contribution in [0.5, 0.6) is 0 Å². The second-order valence-corrected chi connectivity index (χ2v) is 7.72. The van der Waals surface area contributed by atoms with E-state index in [0.29, 0.717) is 6.04 Å². The van der Waals surface area contributed by atoms with E-state index in [0.717, 1.165) is 6.54 Å². The highest BCUT2D eigenvalue weighted by Gasteiger charge is 2.23. The molecule has 0 aliphatic heterocycles. The maximum atomic E-state index is 3.74. The Hall–Kier alpha value is -1.12. The quantitative estimate of drug-likeness (QED) is 0.790. The van der Waals surface area contributed by atoms with E-state index < -0.39 is 0 Å². The number of nitrogens with one attached hydrogen (secondary N) is 1. The van der Waals surface area contributed by atoms with E-state index in [1.165, 1.54) is 27.1 Å². The third-order valence-electron chi connectivity index (χ3n) is 4.21. The fraction of sp³-hybridized carbons (Fsp3) is 0.474. The molecule has 0 fully saturated rings. The Morgan fingerprint density at radius 3 is 2.29 bits per heavy atom. The van der Waals surface area contributed by atoms with Crippen LogP contribution in [0.1, 0.15) is 53.9 Å². The number of benzene rings is 1. The van der Waals surface area contributed by atoms with Gasteiger partial charge in [0.1, 0.15) is 0 Å². The molecule has 1 unspecified atom stereocenters. The summed E-state index contributed by atoms with van der Waals surface area (Å²) >= 11 is 1.85. The van der Waals surface area contributed by atoms with Gasteiger partial charge in [-0.25, -0.2) is 0 Å². The number of thiophene rings is 1. The topological polar surface area (TPSA) is 12.0 Å². The first-order valence-electron chi connectivity index (χ1n) is 7.66. The van der Waals surface area contributed by atoms with Crippen LogP contribution in [0, 0.1) is 20.8 Å². The van der Waals surface area contributed by atoms with E-state index in [-0.39, 0.29) is 5.41 Å². The third-order valence-corrected chi connectivity index (χ3v) is 5.45. The molecular formula is C19H27NS. The van der Waals surface area contributed by atoms with Crippen LogP contribution in [0.25, 0.3) is 0 Å². The van der Waals surface area contributed by atoms with Gasteiger partial charge in [-0.05, 0) is 55.8 Å². The summed E-state index contributed by atoms with van der Waals surface area (Å²) in [5.41, 5.74) is 5.75. The van der Waals surface area contributed by atoms with E-state index in [4.69, 9.17) is 0 Å². The van der Waals surface area contributed by atoms with Crippen molar-refractivity contribution < 1.29 is 0 Å². The van der Waals surface area contributed by atoms with E-state index >= 15 is 0 Å². The van der Waals surface area contributed by atoms with Gasteiger partial charge in [0.05, 0.1) is 0 Å². The fourth-order valence-corrected chi connectivity index (χ4v) is 3.99. The van der Waals surface area contributed by atoms with Crippen LogP contribution in [0.2, 0.25) is 0 Å². The highest BCUT2D eigenvalue weighted by molar-refractivity contribution is 7.10. The molecule has 1 heterocycles. The largest absolute Gasteiger partial charge is 0.309 e. The average molecular weight is 301 g/mol. The van der Waals surface area contributed by atoms with Crippen LogP contribution in [0.3, 0.4) is 0 Å². The molecule has 1 aromatic heterocycles. The third kappa shape index (κ3) is 3.75. The molecule has 0 aliphatic carbocycles. The summed E-state index contributed by atoms with van der Waals surface area (Å²) in [6.07, 6.45) is 0. The molecule has 2 heteroatoms. The molecule has 0 saturated heterocycles. The Labute approximate surface area is 133 Å². The van der Waals surface area contributed by atoms with Gasteiger partial charge in [-0.15, -0.1) is 11.3 Å². The summed E-state index contributed by atoms with van der Waals surface area (Å²) in [6, 6.07) is 9.32. The zero-order valence-electron chi connectivity index (χ0n) is 14.1.